The molecule has 0 saturated carbocycles. The summed E-state index contributed by atoms with van der Waals surface area (Å²) in [5.74, 6) is 0.168. The highest BCUT2D eigenvalue weighted by Crippen LogP contribution is 2.32. The second-order valence-corrected chi connectivity index (χ2v) is 8.89. The van der Waals surface area contributed by atoms with Crippen molar-refractivity contribution in [3.05, 3.63) is 107 Å². The maximum absolute atomic E-state index is 13.1. The number of hydrogen-bond donors (Lipinski definition) is 3. The Bertz CT molecular complexity index is 1320. The standard InChI is InChI=1S/C27H24Cl2N4O4/c28-19-6-9-22(10-7-19)37-25-11-8-20(12-23(25)29)32-27(35)24(16-36-15-18-4-2-1-3-5-18)33-26(34)13-21-14-30-17-31-21/h1-12,14,17,24H,13,15-16H2,(H,30,31)(H,32,35)(H,33,34)/t24-/m0/s1. The summed E-state index contributed by atoms with van der Waals surface area (Å²) in [6.07, 6.45) is 3.13. The molecule has 3 aromatic carbocycles. The second-order valence-electron chi connectivity index (χ2n) is 8.05. The van der Waals surface area contributed by atoms with Gasteiger partial charge in [0.1, 0.15) is 17.5 Å². The Morgan fingerprint density at radius 2 is 1.78 bits per heavy atom. The summed E-state index contributed by atoms with van der Waals surface area (Å²) in [6.45, 7) is 0.265. The lowest BCUT2D eigenvalue weighted by Gasteiger charge is -2.19. The predicted octanol–water partition coefficient (Wildman–Crippen LogP) is 5.39. The van der Waals surface area contributed by atoms with Gasteiger partial charge in [-0.25, -0.2) is 4.98 Å². The molecule has 0 saturated heterocycles. The summed E-state index contributed by atoms with van der Waals surface area (Å²) in [7, 11) is 0. The summed E-state index contributed by atoms with van der Waals surface area (Å²) >= 11 is 12.3. The number of nitrogens with zero attached hydrogens (tertiary/aromatic N) is 1. The van der Waals surface area contributed by atoms with Crippen molar-refractivity contribution in [2.24, 2.45) is 0 Å². The van der Waals surface area contributed by atoms with Crippen LogP contribution in [0.4, 0.5) is 5.69 Å². The molecule has 1 heterocycles. The first kappa shape index (κ1) is 26.2. The molecule has 0 spiro atoms. The Balaban J connectivity index is 1.40. The molecule has 2 amide bonds. The number of hydrogen-bond acceptors (Lipinski definition) is 5. The molecule has 8 nitrogen and oxygen atoms in total. The van der Waals surface area contributed by atoms with Gasteiger partial charge in [0, 0.05) is 16.9 Å². The Labute approximate surface area is 223 Å². The molecule has 4 rings (SSSR count). The number of benzene rings is 3. The Hall–Kier alpha value is -3.85. The van der Waals surface area contributed by atoms with Gasteiger partial charge in [0.05, 0.1) is 36.7 Å². The van der Waals surface area contributed by atoms with E-state index in [0.29, 0.717) is 39.5 Å². The van der Waals surface area contributed by atoms with Crippen LogP contribution in [0, 0.1) is 0 Å². The van der Waals surface area contributed by atoms with Crippen molar-refractivity contribution < 1.29 is 19.1 Å². The Morgan fingerprint density at radius 1 is 1.00 bits per heavy atom. The number of imidazole rings is 1. The van der Waals surface area contributed by atoms with E-state index in [4.69, 9.17) is 32.7 Å². The number of anilines is 1. The average molecular weight is 539 g/mol. The van der Waals surface area contributed by atoms with Crippen LogP contribution < -0.4 is 15.4 Å². The van der Waals surface area contributed by atoms with Gasteiger partial charge in [-0.15, -0.1) is 0 Å². The fourth-order valence-electron chi connectivity index (χ4n) is 3.37. The number of H-pyrrole nitrogens is 1. The van der Waals surface area contributed by atoms with E-state index in [-0.39, 0.29) is 18.9 Å². The van der Waals surface area contributed by atoms with E-state index < -0.39 is 11.9 Å². The first-order valence-electron chi connectivity index (χ1n) is 11.4. The number of carbonyl (C=O) groups excluding carboxylic acids is 2. The van der Waals surface area contributed by atoms with Crippen molar-refractivity contribution in [2.75, 3.05) is 11.9 Å². The first-order chi connectivity index (χ1) is 18.0. The molecule has 3 N–H and O–H groups in total. The van der Waals surface area contributed by atoms with E-state index in [1.54, 1.807) is 48.7 Å². The average Bonchev–Trinajstić information content (AvgIpc) is 3.40. The molecule has 0 bridgehead atoms. The van der Waals surface area contributed by atoms with Gasteiger partial charge in [0.15, 0.2) is 0 Å². The molecular weight excluding hydrogens is 515 g/mol. The van der Waals surface area contributed by atoms with Gasteiger partial charge in [-0.1, -0.05) is 53.5 Å². The third-order valence-corrected chi connectivity index (χ3v) is 5.73. The number of aromatic nitrogens is 2. The lowest BCUT2D eigenvalue weighted by Crippen LogP contribution is -2.47. The van der Waals surface area contributed by atoms with Gasteiger partial charge in [-0.05, 0) is 48.0 Å². The Kier molecular flexibility index (Phi) is 9.15. The molecule has 190 valence electrons. The van der Waals surface area contributed by atoms with Crippen LogP contribution in [-0.4, -0.2) is 34.4 Å². The number of nitrogens with one attached hydrogen (secondary N) is 3. The molecule has 0 aliphatic rings. The molecule has 0 aliphatic carbocycles. The molecule has 10 heteroatoms. The monoisotopic (exact) mass is 538 g/mol. The minimum Gasteiger partial charge on any atom is -0.456 e. The second kappa shape index (κ2) is 12.9. The van der Waals surface area contributed by atoms with Crippen LogP contribution in [0.2, 0.25) is 10.0 Å². The van der Waals surface area contributed by atoms with Gasteiger partial charge in [-0.2, -0.15) is 0 Å². The molecule has 0 radical (unpaired) electrons. The molecule has 1 atom stereocenters. The number of halogens is 2. The molecule has 4 aromatic rings. The number of amides is 2. The minimum absolute atomic E-state index is 0.0223. The summed E-state index contributed by atoms with van der Waals surface area (Å²) < 4.78 is 11.5. The van der Waals surface area contributed by atoms with Crippen LogP contribution in [-0.2, 0) is 27.4 Å². The highest BCUT2D eigenvalue weighted by atomic mass is 35.5. The minimum atomic E-state index is -0.945. The van der Waals surface area contributed by atoms with Gasteiger partial charge >= 0.3 is 0 Å². The van der Waals surface area contributed by atoms with E-state index in [0.717, 1.165) is 5.56 Å². The fraction of sp³-hybridized carbons (Fsp3) is 0.148. The van der Waals surface area contributed by atoms with E-state index in [1.807, 2.05) is 30.3 Å². The van der Waals surface area contributed by atoms with Crippen LogP contribution in [0.25, 0.3) is 0 Å². The van der Waals surface area contributed by atoms with Gasteiger partial charge in [-0.3, -0.25) is 9.59 Å². The topological polar surface area (TPSA) is 105 Å². The molecule has 37 heavy (non-hydrogen) atoms. The summed E-state index contributed by atoms with van der Waals surface area (Å²) in [6, 6.07) is 20.3. The maximum atomic E-state index is 13.1. The normalized spacial score (nSPS) is 11.5. The van der Waals surface area contributed by atoms with Crippen molar-refractivity contribution in [1.29, 1.82) is 0 Å². The van der Waals surface area contributed by atoms with Crippen molar-refractivity contribution in [2.45, 2.75) is 19.1 Å². The number of rotatable bonds is 11. The summed E-state index contributed by atoms with van der Waals surface area (Å²) in [5, 5.41) is 6.40. The summed E-state index contributed by atoms with van der Waals surface area (Å²) in [4.78, 5) is 32.5. The highest BCUT2D eigenvalue weighted by Gasteiger charge is 2.22. The number of aromatic amines is 1. The number of carbonyl (C=O) groups is 2. The molecule has 0 aliphatic heterocycles. The fourth-order valence-corrected chi connectivity index (χ4v) is 3.71. The lowest BCUT2D eigenvalue weighted by molar-refractivity contribution is -0.127. The molecular formula is C27H24Cl2N4O4. The third-order valence-electron chi connectivity index (χ3n) is 5.19. The predicted molar refractivity (Wildman–Crippen MR) is 142 cm³/mol. The van der Waals surface area contributed by atoms with E-state index in [9.17, 15) is 9.59 Å². The highest BCUT2D eigenvalue weighted by molar-refractivity contribution is 6.32. The van der Waals surface area contributed by atoms with Crippen molar-refractivity contribution in [1.82, 2.24) is 15.3 Å². The van der Waals surface area contributed by atoms with Crippen LogP contribution in [0.5, 0.6) is 11.5 Å². The zero-order chi connectivity index (χ0) is 26.0. The number of ether oxygens (including phenoxy) is 2. The zero-order valence-electron chi connectivity index (χ0n) is 19.6. The van der Waals surface area contributed by atoms with Gasteiger partial charge in [0.25, 0.3) is 0 Å². The van der Waals surface area contributed by atoms with Crippen molar-refractivity contribution in [3.63, 3.8) is 0 Å². The lowest BCUT2D eigenvalue weighted by atomic mass is 10.2. The van der Waals surface area contributed by atoms with Gasteiger partial charge in [0.2, 0.25) is 11.8 Å². The first-order valence-corrected chi connectivity index (χ1v) is 12.1. The van der Waals surface area contributed by atoms with E-state index in [2.05, 4.69) is 20.6 Å². The van der Waals surface area contributed by atoms with Crippen LogP contribution in [0.15, 0.2) is 85.3 Å². The van der Waals surface area contributed by atoms with Crippen molar-refractivity contribution in [3.8, 4) is 11.5 Å². The van der Waals surface area contributed by atoms with Crippen LogP contribution in [0.1, 0.15) is 11.3 Å². The quantitative estimate of drug-likeness (QED) is 0.237. The zero-order valence-corrected chi connectivity index (χ0v) is 21.1. The van der Waals surface area contributed by atoms with Crippen molar-refractivity contribution >= 4 is 40.7 Å². The van der Waals surface area contributed by atoms with Crippen LogP contribution >= 0.6 is 23.2 Å². The smallest absolute Gasteiger partial charge is 0.249 e. The third kappa shape index (κ3) is 8.08. The van der Waals surface area contributed by atoms with E-state index in [1.165, 1.54) is 6.33 Å². The largest absolute Gasteiger partial charge is 0.456 e. The van der Waals surface area contributed by atoms with E-state index >= 15 is 0 Å². The maximum Gasteiger partial charge on any atom is 0.249 e. The SMILES string of the molecule is O=C(Cc1c[nH]cn1)N[C@@H](COCc1ccccc1)C(=O)Nc1ccc(Oc2ccc(Cl)cc2)c(Cl)c1. The Morgan fingerprint density at radius 3 is 2.49 bits per heavy atom. The molecule has 1 aromatic heterocycles. The molecule has 0 unspecified atom stereocenters. The van der Waals surface area contributed by atoms with Crippen LogP contribution in [0.3, 0.4) is 0 Å². The van der Waals surface area contributed by atoms with Gasteiger partial charge < -0.3 is 25.1 Å². The summed E-state index contributed by atoms with van der Waals surface area (Å²) in [5.41, 5.74) is 1.95. The molecule has 0 fully saturated rings.